The summed E-state index contributed by atoms with van der Waals surface area (Å²) in [6.45, 7) is 5.78. The van der Waals surface area contributed by atoms with Gasteiger partial charge in [-0.2, -0.15) is 5.26 Å². The molecule has 0 amide bonds. The molecule has 2 heteroatoms. The maximum atomic E-state index is 9.35. The van der Waals surface area contributed by atoms with Gasteiger partial charge in [0, 0.05) is 13.2 Å². The van der Waals surface area contributed by atoms with Gasteiger partial charge in [-0.1, -0.05) is 19.8 Å². The van der Waals surface area contributed by atoms with E-state index in [9.17, 15) is 5.26 Å². The molecule has 0 saturated heterocycles. The van der Waals surface area contributed by atoms with E-state index >= 15 is 0 Å². The van der Waals surface area contributed by atoms with E-state index in [0.717, 1.165) is 38.4 Å². The summed E-state index contributed by atoms with van der Waals surface area (Å²) in [6.07, 6.45) is 8.20. The zero-order valence-corrected chi connectivity index (χ0v) is 10.8. The molecule has 1 rings (SSSR count). The van der Waals surface area contributed by atoms with Crippen LogP contribution >= 0.6 is 0 Å². The van der Waals surface area contributed by atoms with Crippen molar-refractivity contribution in [3.63, 3.8) is 0 Å². The Balaban J connectivity index is 2.36. The van der Waals surface area contributed by atoms with E-state index < -0.39 is 0 Å². The topological polar surface area (TPSA) is 33.0 Å². The van der Waals surface area contributed by atoms with Crippen molar-refractivity contribution >= 4 is 0 Å². The maximum Gasteiger partial charge on any atom is 0.0690 e. The molecular weight excluding hydrogens is 198 g/mol. The summed E-state index contributed by atoms with van der Waals surface area (Å²) in [5.74, 6) is 0.874. The molecule has 1 aliphatic carbocycles. The van der Waals surface area contributed by atoms with Gasteiger partial charge in [-0.3, -0.25) is 0 Å². The molecular formula is C14H25NO. The molecule has 0 aliphatic heterocycles. The van der Waals surface area contributed by atoms with Gasteiger partial charge in [0.1, 0.15) is 0 Å². The Bertz CT molecular complexity index is 223. The fourth-order valence-corrected chi connectivity index (χ4v) is 2.76. The molecule has 16 heavy (non-hydrogen) atoms. The smallest absolute Gasteiger partial charge is 0.0690 e. The van der Waals surface area contributed by atoms with E-state index in [4.69, 9.17) is 4.74 Å². The fourth-order valence-electron chi connectivity index (χ4n) is 2.76. The van der Waals surface area contributed by atoms with Crippen LogP contribution in [0, 0.1) is 22.7 Å². The number of rotatable bonds is 6. The minimum absolute atomic E-state index is 0.0700. The second-order valence-electron chi connectivity index (χ2n) is 5.07. The Morgan fingerprint density at radius 3 is 2.50 bits per heavy atom. The first kappa shape index (κ1) is 13.5. The third-order valence-corrected chi connectivity index (χ3v) is 3.93. The monoisotopic (exact) mass is 223 g/mol. The molecule has 0 unspecified atom stereocenters. The number of nitrogens with zero attached hydrogens (tertiary/aromatic N) is 1. The minimum atomic E-state index is -0.0700. The molecule has 0 spiro atoms. The highest BCUT2D eigenvalue weighted by Crippen LogP contribution is 2.42. The molecule has 0 radical (unpaired) electrons. The molecule has 1 saturated carbocycles. The number of hydrogen-bond donors (Lipinski definition) is 0. The highest BCUT2D eigenvalue weighted by atomic mass is 16.5. The van der Waals surface area contributed by atoms with Crippen molar-refractivity contribution in [3.8, 4) is 6.07 Å². The highest BCUT2D eigenvalue weighted by Gasteiger charge is 2.34. The predicted octanol–water partition coefficient (Wildman–Crippen LogP) is 3.91. The van der Waals surface area contributed by atoms with Crippen LogP contribution in [-0.4, -0.2) is 13.2 Å². The van der Waals surface area contributed by atoms with Crippen LogP contribution in [0.3, 0.4) is 0 Å². The predicted molar refractivity (Wildman–Crippen MR) is 66.0 cm³/mol. The van der Waals surface area contributed by atoms with Crippen LogP contribution in [0.15, 0.2) is 0 Å². The molecule has 0 aromatic carbocycles. The lowest BCUT2D eigenvalue weighted by atomic mass is 9.69. The molecule has 0 aromatic heterocycles. The van der Waals surface area contributed by atoms with Crippen LogP contribution in [0.1, 0.15) is 58.8 Å². The van der Waals surface area contributed by atoms with Crippen LogP contribution in [0.25, 0.3) is 0 Å². The zero-order chi connectivity index (χ0) is 11.9. The van der Waals surface area contributed by atoms with E-state index in [1.807, 2.05) is 6.92 Å². The Labute approximate surface area is 100.0 Å². The van der Waals surface area contributed by atoms with E-state index in [0.29, 0.717) is 0 Å². The van der Waals surface area contributed by atoms with Crippen LogP contribution in [0.5, 0.6) is 0 Å². The number of hydrogen-bond acceptors (Lipinski definition) is 2. The molecule has 1 fully saturated rings. The summed E-state index contributed by atoms with van der Waals surface area (Å²) in [5, 5.41) is 9.35. The Morgan fingerprint density at radius 1 is 1.31 bits per heavy atom. The summed E-state index contributed by atoms with van der Waals surface area (Å²) in [4.78, 5) is 0. The molecule has 0 N–H and O–H groups in total. The number of ether oxygens (including phenoxy) is 1. The van der Waals surface area contributed by atoms with E-state index in [1.54, 1.807) is 0 Å². The molecule has 0 bridgehead atoms. The Hall–Kier alpha value is -0.550. The van der Waals surface area contributed by atoms with Gasteiger partial charge >= 0.3 is 0 Å². The third kappa shape index (κ3) is 3.79. The lowest BCUT2D eigenvalue weighted by Crippen LogP contribution is -2.27. The minimum Gasteiger partial charge on any atom is -0.382 e. The Kier molecular flexibility index (Phi) is 5.84. The second kappa shape index (κ2) is 6.91. The highest BCUT2D eigenvalue weighted by molar-refractivity contribution is 5.01. The van der Waals surface area contributed by atoms with E-state index in [-0.39, 0.29) is 5.41 Å². The van der Waals surface area contributed by atoms with Gasteiger partial charge in [-0.05, 0) is 44.9 Å². The van der Waals surface area contributed by atoms with Gasteiger partial charge in [0.25, 0.3) is 0 Å². The van der Waals surface area contributed by atoms with Crippen molar-refractivity contribution in [2.45, 2.75) is 58.8 Å². The fraction of sp³-hybridized carbons (Fsp3) is 0.929. The van der Waals surface area contributed by atoms with Crippen LogP contribution in [0.2, 0.25) is 0 Å². The maximum absolute atomic E-state index is 9.35. The second-order valence-corrected chi connectivity index (χ2v) is 5.07. The lowest BCUT2D eigenvalue weighted by Gasteiger charge is -2.34. The summed E-state index contributed by atoms with van der Waals surface area (Å²) < 4.78 is 5.39. The molecule has 2 nitrogen and oxygen atoms in total. The van der Waals surface area contributed by atoms with Gasteiger partial charge in [0.05, 0.1) is 11.5 Å². The molecule has 92 valence electrons. The largest absolute Gasteiger partial charge is 0.382 e. The van der Waals surface area contributed by atoms with Crippen molar-refractivity contribution in [2.75, 3.05) is 13.2 Å². The first-order chi connectivity index (χ1) is 7.76. The van der Waals surface area contributed by atoms with Crippen molar-refractivity contribution < 1.29 is 4.74 Å². The molecule has 0 heterocycles. The van der Waals surface area contributed by atoms with Crippen molar-refractivity contribution in [1.82, 2.24) is 0 Å². The van der Waals surface area contributed by atoms with Crippen molar-refractivity contribution in [1.29, 1.82) is 5.26 Å². The summed E-state index contributed by atoms with van der Waals surface area (Å²) in [5.41, 5.74) is -0.0700. The zero-order valence-electron chi connectivity index (χ0n) is 10.8. The molecule has 0 aromatic rings. The molecule has 1 aliphatic rings. The quantitative estimate of drug-likeness (QED) is 0.639. The van der Waals surface area contributed by atoms with Gasteiger partial charge in [0.2, 0.25) is 0 Å². The molecule has 0 atom stereocenters. The van der Waals surface area contributed by atoms with Crippen LogP contribution < -0.4 is 0 Å². The average Bonchev–Trinajstić information content (AvgIpc) is 2.32. The SMILES string of the molecule is CCCC1CCC(C#N)(CCOCC)CC1. The van der Waals surface area contributed by atoms with Crippen LogP contribution in [-0.2, 0) is 4.74 Å². The average molecular weight is 223 g/mol. The van der Waals surface area contributed by atoms with E-state index in [2.05, 4.69) is 13.0 Å². The van der Waals surface area contributed by atoms with Crippen molar-refractivity contribution in [3.05, 3.63) is 0 Å². The summed E-state index contributed by atoms with van der Waals surface area (Å²) in [7, 11) is 0. The lowest BCUT2D eigenvalue weighted by molar-refractivity contribution is 0.0960. The van der Waals surface area contributed by atoms with Gasteiger partial charge in [0.15, 0.2) is 0 Å². The standard InChI is InChI=1S/C14H25NO/c1-3-5-13-6-8-14(12-15,9-7-13)10-11-16-4-2/h13H,3-11H2,1-2H3. The van der Waals surface area contributed by atoms with Gasteiger partial charge < -0.3 is 4.74 Å². The van der Waals surface area contributed by atoms with Crippen LogP contribution in [0.4, 0.5) is 0 Å². The Morgan fingerprint density at radius 2 is 2.00 bits per heavy atom. The normalized spacial score (nSPS) is 29.9. The summed E-state index contributed by atoms with van der Waals surface area (Å²) in [6, 6.07) is 2.56. The van der Waals surface area contributed by atoms with E-state index in [1.165, 1.54) is 25.7 Å². The van der Waals surface area contributed by atoms with Crippen molar-refractivity contribution in [2.24, 2.45) is 11.3 Å². The first-order valence-electron chi connectivity index (χ1n) is 6.75. The summed E-state index contributed by atoms with van der Waals surface area (Å²) >= 11 is 0. The van der Waals surface area contributed by atoms with Gasteiger partial charge in [-0.15, -0.1) is 0 Å². The van der Waals surface area contributed by atoms with Gasteiger partial charge in [-0.25, -0.2) is 0 Å². The number of nitriles is 1. The third-order valence-electron chi connectivity index (χ3n) is 3.93. The first-order valence-corrected chi connectivity index (χ1v) is 6.75.